The molecule has 0 aromatic heterocycles. The number of hydrogen-bond donors (Lipinski definition) is 3. The summed E-state index contributed by atoms with van der Waals surface area (Å²) in [5.74, 6) is 1.01. The van der Waals surface area contributed by atoms with Gasteiger partial charge in [0.2, 0.25) is 0 Å². The van der Waals surface area contributed by atoms with Gasteiger partial charge in [0.1, 0.15) is 19.3 Å². The topological polar surface area (TPSA) is 237 Å². The molecule has 0 aromatic rings. The van der Waals surface area contributed by atoms with E-state index in [1.165, 1.54) is 180 Å². The molecule has 0 bridgehead atoms. The first-order valence-corrected chi connectivity index (χ1v) is 42.8. The molecule has 0 aromatic carbocycles. The molecule has 0 saturated heterocycles. The van der Waals surface area contributed by atoms with Gasteiger partial charge in [-0.1, -0.05) is 338 Å². The molecule has 0 aliphatic heterocycles. The fraction of sp³-hybridized carbons (Fsp3) is 0.948. The summed E-state index contributed by atoms with van der Waals surface area (Å²) in [5, 5.41) is 10.6. The Labute approximate surface area is 588 Å². The van der Waals surface area contributed by atoms with Gasteiger partial charge in [-0.25, -0.2) is 9.13 Å². The van der Waals surface area contributed by atoms with Crippen molar-refractivity contribution >= 4 is 39.5 Å². The van der Waals surface area contributed by atoms with Crippen molar-refractivity contribution < 1.29 is 80.2 Å². The van der Waals surface area contributed by atoms with Crippen LogP contribution in [0.15, 0.2) is 0 Å². The third-order valence-electron chi connectivity index (χ3n) is 18.9. The lowest BCUT2D eigenvalue weighted by Crippen LogP contribution is -2.30. The number of carbonyl (C=O) groups is 4. The van der Waals surface area contributed by atoms with E-state index in [4.69, 9.17) is 37.0 Å². The molecule has 570 valence electrons. The zero-order valence-corrected chi connectivity index (χ0v) is 64.8. The number of unbranched alkanes of at least 4 members (excludes halogenated alkanes) is 37. The van der Waals surface area contributed by atoms with Gasteiger partial charge in [-0.2, -0.15) is 0 Å². The lowest BCUT2D eigenvalue weighted by atomic mass is 9.99. The molecule has 0 saturated carbocycles. The maximum atomic E-state index is 13.1. The molecule has 0 rings (SSSR count). The number of carbonyl (C=O) groups excluding carboxylic acids is 4. The van der Waals surface area contributed by atoms with Crippen LogP contribution in [-0.2, 0) is 65.4 Å². The quantitative estimate of drug-likeness (QED) is 0.0222. The maximum absolute atomic E-state index is 13.1. The molecule has 0 fully saturated rings. The average molecular weight is 1410 g/mol. The lowest BCUT2D eigenvalue weighted by molar-refractivity contribution is -0.161. The number of rotatable bonds is 74. The lowest BCUT2D eigenvalue weighted by Gasteiger charge is -2.21. The summed E-state index contributed by atoms with van der Waals surface area (Å²) in [5.41, 5.74) is 0. The van der Waals surface area contributed by atoms with Gasteiger partial charge < -0.3 is 33.8 Å². The summed E-state index contributed by atoms with van der Waals surface area (Å²) in [6.45, 7) is 14.2. The maximum Gasteiger partial charge on any atom is 0.472 e. The van der Waals surface area contributed by atoms with Gasteiger partial charge in [-0.15, -0.1) is 0 Å². The molecule has 17 nitrogen and oxygen atoms in total. The first-order valence-electron chi connectivity index (χ1n) is 39.8. The number of phosphoric ester groups is 2. The minimum atomic E-state index is -4.96. The summed E-state index contributed by atoms with van der Waals surface area (Å²) >= 11 is 0. The van der Waals surface area contributed by atoms with E-state index in [0.29, 0.717) is 31.6 Å². The standard InChI is InChI=1S/C77H150O17P2/c1-9-68(6)54-46-38-30-24-20-16-12-14-18-22-26-32-43-51-59-76(81)93-72(63-87-74(79)57-49-41-34-28-29-37-45-53-67(4)5)65-91-95(83,84)89-61-71(78)62-90-96(85,86)92-66-73(64-88-75(80)58-50-42-36-35-40-48-56-70(8)11-3)94-77(82)60-52-44-33-27-23-19-15-13-17-21-25-31-39-47-55-69(7)10-2/h67-73,78H,9-66H2,1-8H3,(H,83,84)(H,85,86)/t68?,69?,70?,71-,72-,73-/m1/s1. The Bertz CT molecular complexity index is 1890. The van der Waals surface area contributed by atoms with Gasteiger partial charge in [-0.05, 0) is 49.4 Å². The average Bonchev–Trinajstić information content (AvgIpc) is 1.16. The fourth-order valence-electron chi connectivity index (χ4n) is 11.6. The van der Waals surface area contributed by atoms with Gasteiger partial charge in [-0.3, -0.25) is 37.3 Å². The molecule has 5 unspecified atom stereocenters. The Morgan fingerprint density at radius 1 is 0.292 bits per heavy atom. The van der Waals surface area contributed by atoms with Crippen LogP contribution in [0.1, 0.15) is 389 Å². The van der Waals surface area contributed by atoms with E-state index in [1.54, 1.807) is 0 Å². The number of hydrogen-bond acceptors (Lipinski definition) is 15. The molecule has 0 spiro atoms. The van der Waals surface area contributed by atoms with Crippen molar-refractivity contribution in [3.05, 3.63) is 0 Å². The zero-order chi connectivity index (χ0) is 71.0. The predicted octanol–water partition coefficient (Wildman–Crippen LogP) is 22.4. The van der Waals surface area contributed by atoms with Crippen LogP contribution in [0.2, 0.25) is 0 Å². The van der Waals surface area contributed by atoms with Crippen molar-refractivity contribution in [2.24, 2.45) is 23.7 Å². The molecule has 96 heavy (non-hydrogen) atoms. The minimum Gasteiger partial charge on any atom is -0.462 e. The smallest absolute Gasteiger partial charge is 0.462 e. The fourth-order valence-corrected chi connectivity index (χ4v) is 13.2. The molecule has 8 atom stereocenters. The largest absolute Gasteiger partial charge is 0.472 e. The first-order chi connectivity index (χ1) is 46.2. The minimum absolute atomic E-state index is 0.106. The molecule has 0 amide bonds. The third kappa shape index (κ3) is 66.6. The highest BCUT2D eigenvalue weighted by Crippen LogP contribution is 2.45. The summed E-state index contributed by atoms with van der Waals surface area (Å²) in [7, 11) is -9.91. The Morgan fingerprint density at radius 3 is 0.740 bits per heavy atom. The summed E-state index contributed by atoms with van der Waals surface area (Å²) in [6.07, 6.45) is 51.3. The van der Waals surface area contributed by atoms with Crippen LogP contribution in [0, 0.1) is 23.7 Å². The van der Waals surface area contributed by atoms with Crippen molar-refractivity contribution in [2.75, 3.05) is 39.6 Å². The third-order valence-corrected chi connectivity index (χ3v) is 20.8. The molecular weight excluding hydrogens is 1260 g/mol. The van der Waals surface area contributed by atoms with Gasteiger partial charge in [0.05, 0.1) is 26.4 Å². The molecule has 0 aliphatic carbocycles. The van der Waals surface area contributed by atoms with E-state index in [-0.39, 0.29) is 25.7 Å². The highest BCUT2D eigenvalue weighted by Gasteiger charge is 2.30. The molecule has 0 radical (unpaired) electrons. The second kappa shape index (κ2) is 66.3. The van der Waals surface area contributed by atoms with E-state index in [9.17, 15) is 43.2 Å². The summed E-state index contributed by atoms with van der Waals surface area (Å²) in [6, 6.07) is 0. The van der Waals surface area contributed by atoms with Gasteiger partial charge in [0.25, 0.3) is 0 Å². The van der Waals surface area contributed by atoms with Crippen LogP contribution in [0.4, 0.5) is 0 Å². The number of aliphatic hydroxyl groups excluding tert-OH is 1. The van der Waals surface area contributed by atoms with Gasteiger partial charge in [0, 0.05) is 25.7 Å². The van der Waals surface area contributed by atoms with Crippen LogP contribution in [0.5, 0.6) is 0 Å². The van der Waals surface area contributed by atoms with Crippen LogP contribution in [0.3, 0.4) is 0 Å². The molecule has 0 heterocycles. The van der Waals surface area contributed by atoms with Crippen molar-refractivity contribution in [3.8, 4) is 0 Å². The van der Waals surface area contributed by atoms with E-state index in [2.05, 4.69) is 55.4 Å². The van der Waals surface area contributed by atoms with Crippen molar-refractivity contribution in [1.82, 2.24) is 0 Å². The van der Waals surface area contributed by atoms with Crippen LogP contribution in [-0.4, -0.2) is 96.7 Å². The molecule has 19 heteroatoms. The molecule has 3 N–H and O–H groups in total. The highest BCUT2D eigenvalue weighted by atomic mass is 31.2. The Morgan fingerprint density at radius 2 is 0.500 bits per heavy atom. The van der Waals surface area contributed by atoms with Crippen molar-refractivity contribution in [3.63, 3.8) is 0 Å². The Hall–Kier alpha value is -1.94. The van der Waals surface area contributed by atoms with E-state index in [1.807, 2.05) is 0 Å². The number of phosphoric acid groups is 2. The van der Waals surface area contributed by atoms with E-state index in [0.717, 1.165) is 120 Å². The normalized spacial score (nSPS) is 15.0. The number of esters is 4. The second-order valence-electron chi connectivity index (χ2n) is 28.9. The van der Waals surface area contributed by atoms with Crippen LogP contribution >= 0.6 is 15.6 Å². The Kier molecular flexibility index (Phi) is 65.0. The first kappa shape index (κ1) is 94.1. The summed E-state index contributed by atoms with van der Waals surface area (Å²) in [4.78, 5) is 72.8. The van der Waals surface area contributed by atoms with Gasteiger partial charge in [0.15, 0.2) is 12.2 Å². The van der Waals surface area contributed by atoms with Crippen molar-refractivity contribution in [2.45, 2.75) is 408 Å². The summed E-state index contributed by atoms with van der Waals surface area (Å²) < 4.78 is 68.5. The monoisotopic (exact) mass is 1410 g/mol. The Balaban J connectivity index is 5.21. The molecule has 0 aliphatic rings. The highest BCUT2D eigenvalue weighted by molar-refractivity contribution is 7.47. The van der Waals surface area contributed by atoms with Gasteiger partial charge >= 0.3 is 39.5 Å². The SMILES string of the molecule is CCC(C)CCCCCCCCCCCCCCCCC(=O)O[C@H](COC(=O)CCCCCCCCCC(C)C)COP(=O)(O)OC[C@@H](O)COP(=O)(O)OC[C@@H](COC(=O)CCCCCCCCC(C)CC)OC(=O)CCCCCCCCCCCCCCCCC(C)CC. The van der Waals surface area contributed by atoms with E-state index >= 15 is 0 Å². The molecular formula is C77H150O17P2. The zero-order valence-electron chi connectivity index (χ0n) is 63.0. The van der Waals surface area contributed by atoms with Crippen LogP contribution in [0.25, 0.3) is 0 Å². The number of aliphatic hydroxyl groups is 1. The van der Waals surface area contributed by atoms with E-state index < -0.39 is 97.5 Å². The predicted molar refractivity (Wildman–Crippen MR) is 391 cm³/mol. The van der Waals surface area contributed by atoms with Crippen molar-refractivity contribution in [1.29, 1.82) is 0 Å². The second-order valence-corrected chi connectivity index (χ2v) is 31.9. The van der Waals surface area contributed by atoms with Crippen LogP contribution < -0.4 is 0 Å². The number of ether oxygens (including phenoxy) is 4.